The van der Waals surface area contributed by atoms with E-state index in [2.05, 4.69) is 53.6 Å². The second-order valence-electron chi connectivity index (χ2n) is 6.05. The second-order valence-corrected chi connectivity index (χ2v) is 6.05. The van der Waals surface area contributed by atoms with Crippen LogP contribution in [-0.2, 0) is 5.41 Å². The van der Waals surface area contributed by atoms with E-state index >= 15 is 0 Å². The minimum absolute atomic E-state index is 0.236. The average molecular weight is 280 g/mol. The topological polar surface area (TPSA) is 24.9 Å². The summed E-state index contributed by atoms with van der Waals surface area (Å²) >= 11 is 0. The number of aromatic nitrogens is 1. The first-order chi connectivity index (χ1) is 10.4. The molecule has 1 fully saturated rings. The van der Waals surface area contributed by atoms with Crippen LogP contribution in [0.1, 0.15) is 49.8 Å². The van der Waals surface area contributed by atoms with E-state index in [1.807, 2.05) is 18.5 Å². The predicted molar refractivity (Wildman–Crippen MR) is 87.2 cm³/mol. The Kier molecular flexibility index (Phi) is 4.35. The van der Waals surface area contributed by atoms with Gasteiger partial charge in [0.15, 0.2) is 0 Å². The molecular weight excluding hydrogens is 256 g/mol. The van der Waals surface area contributed by atoms with Gasteiger partial charge in [-0.15, -0.1) is 0 Å². The van der Waals surface area contributed by atoms with Crippen LogP contribution in [0.25, 0.3) is 0 Å². The van der Waals surface area contributed by atoms with Crippen molar-refractivity contribution in [2.24, 2.45) is 0 Å². The maximum absolute atomic E-state index is 4.34. The molecule has 1 atom stereocenters. The molecule has 1 heterocycles. The lowest BCUT2D eigenvalue weighted by molar-refractivity contribution is 0.169. The van der Waals surface area contributed by atoms with Crippen molar-refractivity contribution in [2.45, 2.75) is 44.1 Å². The van der Waals surface area contributed by atoms with E-state index in [1.165, 1.54) is 30.4 Å². The van der Waals surface area contributed by atoms with Gasteiger partial charge in [0.2, 0.25) is 0 Å². The fourth-order valence-electron chi connectivity index (χ4n) is 3.54. The lowest BCUT2D eigenvalue weighted by Crippen LogP contribution is -2.47. The fourth-order valence-corrected chi connectivity index (χ4v) is 3.54. The highest BCUT2D eigenvalue weighted by Gasteiger charge is 2.45. The van der Waals surface area contributed by atoms with Gasteiger partial charge in [0.05, 0.1) is 0 Å². The smallest absolute Gasteiger partial charge is 0.0433 e. The summed E-state index contributed by atoms with van der Waals surface area (Å²) in [6.07, 6.45) is 8.87. The van der Waals surface area contributed by atoms with Crippen molar-refractivity contribution in [1.82, 2.24) is 10.3 Å². The summed E-state index contributed by atoms with van der Waals surface area (Å²) in [5.41, 5.74) is 3.02. The molecule has 1 unspecified atom stereocenters. The standard InChI is InChI=1S/C19H24N2/c1-2-13-21-18(16-8-6-14-20-15-16)19(11-7-12-19)17-9-4-3-5-10-17/h3-6,8-10,14-15,18,21H,2,7,11-13H2,1H3. The first-order valence-electron chi connectivity index (χ1n) is 8.05. The number of nitrogens with one attached hydrogen (secondary N) is 1. The van der Waals surface area contributed by atoms with Crippen LogP contribution in [0.15, 0.2) is 54.9 Å². The van der Waals surface area contributed by atoms with Crippen LogP contribution in [0.5, 0.6) is 0 Å². The highest BCUT2D eigenvalue weighted by molar-refractivity contribution is 5.34. The van der Waals surface area contributed by atoms with Crippen molar-refractivity contribution in [3.8, 4) is 0 Å². The SMILES string of the molecule is CCCNC(c1cccnc1)C1(c2ccccc2)CCC1. The molecule has 1 saturated carbocycles. The van der Waals surface area contributed by atoms with Gasteiger partial charge in [-0.1, -0.05) is 49.7 Å². The minimum Gasteiger partial charge on any atom is -0.309 e. The lowest BCUT2D eigenvalue weighted by atomic mass is 9.59. The van der Waals surface area contributed by atoms with E-state index in [0.29, 0.717) is 6.04 Å². The Hall–Kier alpha value is -1.67. The average Bonchev–Trinajstić information content (AvgIpc) is 2.51. The Morgan fingerprint density at radius 1 is 1.14 bits per heavy atom. The summed E-state index contributed by atoms with van der Waals surface area (Å²) in [7, 11) is 0. The van der Waals surface area contributed by atoms with E-state index in [0.717, 1.165) is 13.0 Å². The molecule has 110 valence electrons. The summed E-state index contributed by atoms with van der Waals surface area (Å²) in [5.74, 6) is 0. The van der Waals surface area contributed by atoms with Gasteiger partial charge in [-0.25, -0.2) is 0 Å². The summed E-state index contributed by atoms with van der Waals surface area (Å²) in [4.78, 5) is 4.34. The third-order valence-corrected chi connectivity index (χ3v) is 4.76. The highest BCUT2D eigenvalue weighted by atomic mass is 14.9. The molecular formula is C19H24N2. The van der Waals surface area contributed by atoms with Gasteiger partial charge >= 0.3 is 0 Å². The van der Waals surface area contributed by atoms with E-state index in [9.17, 15) is 0 Å². The molecule has 0 saturated heterocycles. The van der Waals surface area contributed by atoms with Crippen molar-refractivity contribution in [1.29, 1.82) is 0 Å². The zero-order valence-electron chi connectivity index (χ0n) is 12.8. The number of benzene rings is 1. The van der Waals surface area contributed by atoms with Crippen molar-refractivity contribution in [3.05, 3.63) is 66.0 Å². The molecule has 1 aromatic heterocycles. The maximum Gasteiger partial charge on any atom is 0.0433 e. The van der Waals surface area contributed by atoms with Gasteiger partial charge in [0.1, 0.15) is 0 Å². The molecule has 2 nitrogen and oxygen atoms in total. The molecule has 2 heteroatoms. The number of pyridine rings is 1. The Bertz CT molecular complexity index is 546. The first-order valence-corrected chi connectivity index (χ1v) is 8.05. The van der Waals surface area contributed by atoms with E-state index in [4.69, 9.17) is 0 Å². The molecule has 0 aliphatic heterocycles. The number of rotatable bonds is 6. The van der Waals surface area contributed by atoms with Crippen molar-refractivity contribution in [3.63, 3.8) is 0 Å². The second kappa shape index (κ2) is 6.40. The van der Waals surface area contributed by atoms with Crippen molar-refractivity contribution < 1.29 is 0 Å². The maximum atomic E-state index is 4.34. The number of hydrogen-bond acceptors (Lipinski definition) is 2. The molecule has 0 bridgehead atoms. The molecule has 1 aliphatic rings. The summed E-state index contributed by atoms with van der Waals surface area (Å²) in [5, 5.41) is 3.79. The zero-order valence-corrected chi connectivity index (χ0v) is 12.8. The molecule has 0 amide bonds. The van der Waals surface area contributed by atoms with Crippen LogP contribution in [0.4, 0.5) is 0 Å². The van der Waals surface area contributed by atoms with Gasteiger partial charge < -0.3 is 5.32 Å². The summed E-state index contributed by atoms with van der Waals surface area (Å²) < 4.78 is 0. The zero-order chi connectivity index (χ0) is 14.5. The van der Waals surface area contributed by atoms with Gasteiger partial charge in [-0.3, -0.25) is 4.98 Å². The Morgan fingerprint density at radius 3 is 2.52 bits per heavy atom. The normalized spacial score (nSPS) is 18.0. The van der Waals surface area contributed by atoms with Crippen LogP contribution < -0.4 is 5.32 Å². The van der Waals surface area contributed by atoms with Crippen molar-refractivity contribution >= 4 is 0 Å². The van der Waals surface area contributed by atoms with Gasteiger partial charge in [0.25, 0.3) is 0 Å². The van der Waals surface area contributed by atoms with E-state index < -0.39 is 0 Å². The minimum atomic E-state index is 0.236. The Labute approximate surface area is 127 Å². The van der Waals surface area contributed by atoms with Crippen molar-refractivity contribution in [2.75, 3.05) is 6.54 Å². The van der Waals surface area contributed by atoms with Crippen LogP contribution in [0.3, 0.4) is 0 Å². The largest absolute Gasteiger partial charge is 0.309 e. The summed E-state index contributed by atoms with van der Waals surface area (Å²) in [6, 6.07) is 15.6. The van der Waals surface area contributed by atoms with Gasteiger partial charge in [-0.2, -0.15) is 0 Å². The van der Waals surface area contributed by atoms with E-state index in [-0.39, 0.29) is 5.41 Å². The van der Waals surface area contributed by atoms with Gasteiger partial charge in [0, 0.05) is 23.9 Å². The highest BCUT2D eigenvalue weighted by Crippen LogP contribution is 2.51. The third kappa shape index (κ3) is 2.73. The molecule has 0 radical (unpaired) electrons. The van der Waals surface area contributed by atoms with Crippen LogP contribution >= 0.6 is 0 Å². The lowest BCUT2D eigenvalue weighted by Gasteiger charge is -2.49. The Morgan fingerprint density at radius 2 is 1.95 bits per heavy atom. The molecule has 0 spiro atoms. The fraction of sp³-hybridized carbons (Fsp3) is 0.421. The quantitative estimate of drug-likeness (QED) is 0.856. The first kappa shape index (κ1) is 14.3. The van der Waals surface area contributed by atoms with Gasteiger partial charge in [-0.05, 0) is 43.0 Å². The monoisotopic (exact) mass is 280 g/mol. The molecule has 3 rings (SSSR count). The molecule has 1 aliphatic carbocycles. The Balaban J connectivity index is 1.98. The van der Waals surface area contributed by atoms with Crippen LogP contribution in [-0.4, -0.2) is 11.5 Å². The molecule has 1 N–H and O–H groups in total. The van der Waals surface area contributed by atoms with Crippen LogP contribution in [0, 0.1) is 0 Å². The summed E-state index contributed by atoms with van der Waals surface area (Å²) in [6.45, 7) is 3.28. The molecule has 1 aromatic carbocycles. The van der Waals surface area contributed by atoms with E-state index in [1.54, 1.807) is 0 Å². The number of hydrogen-bond donors (Lipinski definition) is 1. The molecule has 2 aromatic rings. The third-order valence-electron chi connectivity index (χ3n) is 4.76. The molecule has 21 heavy (non-hydrogen) atoms. The predicted octanol–water partition coefficient (Wildman–Crippen LogP) is 4.24. The van der Waals surface area contributed by atoms with Crippen LogP contribution in [0.2, 0.25) is 0 Å². The number of nitrogens with zero attached hydrogens (tertiary/aromatic N) is 1.